The van der Waals surface area contributed by atoms with Gasteiger partial charge in [-0.25, -0.2) is 0 Å². The van der Waals surface area contributed by atoms with Gasteiger partial charge in [-0.15, -0.1) is 0 Å². The van der Waals surface area contributed by atoms with E-state index in [1.54, 1.807) is 7.11 Å². The van der Waals surface area contributed by atoms with Gasteiger partial charge in [0.1, 0.15) is 5.75 Å². The Bertz CT molecular complexity index is 388. The zero-order valence-electron chi connectivity index (χ0n) is 11.9. The molecule has 1 saturated carbocycles. The minimum atomic E-state index is -0.199. The monoisotopic (exact) mass is 263 g/mol. The number of aliphatic hydroxyl groups excluding tert-OH is 1. The highest BCUT2D eigenvalue weighted by Gasteiger charge is 2.31. The van der Waals surface area contributed by atoms with Crippen molar-refractivity contribution in [1.29, 1.82) is 0 Å². The van der Waals surface area contributed by atoms with E-state index in [-0.39, 0.29) is 6.10 Å². The van der Waals surface area contributed by atoms with Crippen LogP contribution in [0.1, 0.15) is 44.1 Å². The number of benzene rings is 1. The summed E-state index contributed by atoms with van der Waals surface area (Å²) in [7, 11) is 1.73. The Morgan fingerprint density at radius 3 is 2.79 bits per heavy atom. The van der Waals surface area contributed by atoms with E-state index in [0.717, 1.165) is 38.0 Å². The number of hydrogen-bond donors (Lipinski definition) is 2. The van der Waals surface area contributed by atoms with Crippen molar-refractivity contribution in [2.24, 2.45) is 0 Å². The molecule has 1 aliphatic rings. The quantitative estimate of drug-likeness (QED) is 0.794. The fourth-order valence-corrected chi connectivity index (χ4v) is 2.78. The topological polar surface area (TPSA) is 41.5 Å². The summed E-state index contributed by atoms with van der Waals surface area (Å²) < 4.78 is 5.41. The van der Waals surface area contributed by atoms with Crippen molar-refractivity contribution in [3.05, 3.63) is 29.8 Å². The third kappa shape index (κ3) is 3.71. The third-order valence-electron chi connectivity index (χ3n) is 3.98. The van der Waals surface area contributed by atoms with Crippen LogP contribution in [0, 0.1) is 0 Å². The van der Waals surface area contributed by atoms with Gasteiger partial charge in [-0.1, -0.05) is 31.5 Å². The molecule has 0 aliphatic heterocycles. The van der Waals surface area contributed by atoms with Crippen LogP contribution < -0.4 is 10.1 Å². The lowest BCUT2D eigenvalue weighted by atomic mass is 9.75. The molecule has 1 aliphatic carbocycles. The number of aliphatic hydroxyl groups is 1. The van der Waals surface area contributed by atoms with Crippen LogP contribution in [-0.2, 0) is 0 Å². The largest absolute Gasteiger partial charge is 0.496 e. The van der Waals surface area contributed by atoms with Crippen molar-refractivity contribution in [3.63, 3.8) is 0 Å². The van der Waals surface area contributed by atoms with Gasteiger partial charge in [-0.2, -0.15) is 0 Å². The van der Waals surface area contributed by atoms with Crippen molar-refractivity contribution in [2.75, 3.05) is 13.7 Å². The van der Waals surface area contributed by atoms with Crippen molar-refractivity contribution in [2.45, 2.75) is 50.7 Å². The van der Waals surface area contributed by atoms with Gasteiger partial charge in [0.05, 0.1) is 13.2 Å². The number of para-hydroxylation sites is 1. The summed E-state index contributed by atoms with van der Waals surface area (Å²) in [6.07, 6.45) is 4.00. The smallest absolute Gasteiger partial charge is 0.122 e. The number of nitrogens with one attached hydrogen (secondary N) is 1. The molecule has 1 aromatic carbocycles. The number of ether oxygens (including phenoxy) is 1. The van der Waals surface area contributed by atoms with Crippen molar-refractivity contribution < 1.29 is 9.84 Å². The lowest BCUT2D eigenvalue weighted by Crippen LogP contribution is -2.43. The Morgan fingerprint density at radius 1 is 1.37 bits per heavy atom. The molecule has 1 unspecified atom stereocenters. The maximum Gasteiger partial charge on any atom is 0.122 e. The molecule has 0 saturated heterocycles. The van der Waals surface area contributed by atoms with Crippen molar-refractivity contribution in [3.8, 4) is 5.75 Å². The Morgan fingerprint density at radius 2 is 2.11 bits per heavy atom. The first kappa shape index (κ1) is 14.4. The number of hydrogen-bond acceptors (Lipinski definition) is 3. The molecular weight excluding hydrogens is 238 g/mol. The van der Waals surface area contributed by atoms with Crippen molar-refractivity contribution in [1.82, 2.24) is 5.32 Å². The summed E-state index contributed by atoms with van der Waals surface area (Å²) in [6.45, 7) is 2.82. The van der Waals surface area contributed by atoms with Crippen LogP contribution in [0.4, 0.5) is 0 Å². The van der Waals surface area contributed by atoms with Gasteiger partial charge in [-0.3, -0.25) is 0 Å². The first-order chi connectivity index (χ1) is 9.24. The van der Waals surface area contributed by atoms with Crippen LogP contribution >= 0.6 is 0 Å². The van der Waals surface area contributed by atoms with E-state index in [0.29, 0.717) is 12.0 Å². The van der Waals surface area contributed by atoms with Crippen LogP contribution in [-0.4, -0.2) is 30.9 Å². The minimum absolute atomic E-state index is 0.199. The van der Waals surface area contributed by atoms with Gasteiger partial charge in [0.2, 0.25) is 0 Å². The van der Waals surface area contributed by atoms with Crippen LogP contribution in [0.5, 0.6) is 5.75 Å². The maximum absolute atomic E-state index is 9.70. The summed E-state index contributed by atoms with van der Waals surface area (Å²) in [5.41, 5.74) is 1.32. The second-order valence-electron chi connectivity index (χ2n) is 5.46. The van der Waals surface area contributed by atoms with Crippen molar-refractivity contribution >= 4 is 0 Å². The fourth-order valence-electron chi connectivity index (χ4n) is 2.78. The number of methoxy groups -OCH3 is 1. The molecule has 106 valence electrons. The van der Waals surface area contributed by atoms with Gasteiger partial charge in [0.15, 0.2) is 0 Å². The average molecular weight is 263 g/mol. The van der Waals surface area contributed by atoms with E-state index in [9.17, 15) is 5.11 Å². The van der Waals surface area contributed by atoms with E-state index in [1.807, 2.05) is 12.1 Å². The van der Waals surface area contributed by atoms with Gasteiger partial charge < -0.3 is 15.2 Å². The molecule has 0 amide bonds. The molecule has 1 fully saturated rings. The van der Waals surface area contributed by atoms with Gasteiger partial charge >= 0.3 is 0 Å². The highest BCUT2D eigenvalue weighted by molar-refractivity contribution is 5.37. The van der Waals surface area contributed by atoms with E-state index in [1.165, 1.54) is 5.56 Å². The zero-order chi connectivity index (χ0) is 13.7. The molecule has 1 atom stereocenters. The number of rotatable bonds is 7. The summed E-state index contributed by atoms with van der Waals surface area (Å²) >= 11 is 0. The zero-order valence-corrected chi connectivity index (χ0v) is 11.9. The molecule has 2 rings (SSSR count). The Labute approximate surface area is 116 Å². The van der Waals surface area contributed by atoms with E-state index in [2.05, 4.69) is 24.4 Å². The van der Waals surface area contributed by atoms with E-state index in [4.69, 9.17) is 4.74 Å². The standard InChI is InChI=1S/C16H25NO2/c1-3-6-14(18)11-17-13-9-12(10-13)15-7-4-5-8-16(15)19-2/h4-5,7-8,12-14,17-18H,3,6,9-11H2,1-2H3. The maximum atomic E-state index is 9.70. The molecule has 0 radical (unpaired) electrons. The molecule has 0 heterocycles. The summed E-state index contributed by atoms with van der Waals surface area (Å²) in [5, 5.41) is 13.2. The third-order valence-corrected chi connectivity index (χ3v) is 3.98. The van der Waals surface area contributed by atoms with Crippen LogP contribution in [0.2, 0.25) is 0 Å². The molecule has 0 bridgehead atoms. The molecule has 2 N–H and O–H groups in total. The molecule has 0 spiro atoms. The molecular formula is C16H25NO2. The predicted molar refractivity (Wildman–Crippen MR) is 77.7 cm³/mol. The molecule has 1 aromatic rings. The molecule has 19 heavy (non-hydrogen) atoms. The summed E-state index contributed by atoms with van der Waals surface area (Å²) in [6, 6.07) is 8.81. The summed E-state index contributed by atoms with van der Waals surface area (Å²) in [5.74, 6) is 1.59. The van der Waals surface area contributed by atoms with E-state index < -0.39 is 0 Å². The second-order valence-corrected chi connectivity index (χ2v) is 5.46. The van der Waals surface area contributed by atoms with Gasteiger partial charge in [0, 0.05) is 12.6 Å². The Kier molecular flexibility index (Phi) is 5.23. The first-order valence-corrected chi connectivity index (χ1v) is 7.29. The van der Waals surface area contributed by atoms with Crippen LogP contribution in [0.3, 0.4) is 0 Å². The lowest BCUT2D eigenvalue weighted by Gasteiger charge is -2.37. The normalized spacial score (nSPS) is 23.7. The van der Waals surface area contributed by atoms with E-state index >= 15 is 0 Å². The molecule has 0 aromatic heterocycles. The van der Waals surface area contributed by atoms with Gasteiger partial charge in [-0.05, 0) is 36.8 Å². The first-order valence-electron chi connectivity index (χ1n) is 7.29. The van der Waals surface area contributed by atoms with Crippen LogP contribution in [0.25, 0.3) is 0 Å². The highest BCUT2D eigenvalue weighted by atomic mass is 16.5. The van der Waals surface area contributed by atoms with Crippen LogP contribution in [0.15, 0.2) is 24.3 Å². The summed E-state index contributed by atoms with van der Waals surface area (Å²) in [4.78, 5) is 0. The predicted octanol–water partition coefficient (Wildman–Crippen LogP) is 2.69. The minimum Gasteiger partial charge on any atom is -0.496 e. The Balaban J connectivity index is 1.77. The fraction of sp³-hybridized carbons (Fsp3) is 0.625. The average Bonchev–Trinajstić information content (AvgIpc) is 2.37. The molecule has 3 nitrogen and oxygen atoms in total. The SMILES string of the molecule is CCCC(O)CNC1CC(c2ccccc2OC)C1. The van der Waals surface area contributed by atoms with Gasteiger partial charge in [0.25, 0.3) is 0 Å². The highest BCUT2D eigenvalue weighted by Crippen LogP contribution is 2.40. The second kappa shape index (κ2) is 6.92. The molecule has 3 heteroatoms. The Hall–Kier alpha value is -1.06. The lowest BCUT2D eigenvalue weighted by molar-refractivity contribution is 0.145.